The van der Waals surface area contributed by atoms with E-state index in [1.165, 1.54) is 12.1 Å². The number of benzene rings is 2. The Hall–Kier alpha value is -2.82. The lowest BCUT2D eigenvalue weighted by Gasteiger charge is -2.05. The summed E-state index contributed by atoms with van der Waals surface area (Å²) in [5.41, 5.74) is 2.09. The highest BCUT2D eigenvalue weighted by atomic mass is 19.1. The predicted octanol–water partition coefficient (Wildman–Crippen LogP) is 4.08. The standard InChI is InChI=1S/C18H16FNO3/c1-2-20-10-13(11-23-15-6-4-14(19)5-7-15)16-8-3-12(18(21)22)9-17(16)20/h3-10H,2,11H2,1H3,(H,21,22). The molecule has 0 amide bonds. The first kappa shape index (κ1) is 15.1. The van der Waals surface area contributed by atoms with Gasteiger partial charge in [0.1, 0.15) is 18.2 Å². The van der Waals surface area contributed by atoms with Gasteiger partial charge < -0.3 is 14.4 Å². The topological polar surface area (TPSA) is 51.5 Å². The van der Waals surface area contributed by atoms with Crippen LogP contribution in [0.3, 0.4) is 0 Å². The van der Waals surface area contributed by atoms with Gasteiger partial charge in [-0.15, -0.1) is 0 Å². The molecular weight excluding hydrogens is 297 g/mol. The summed E-state index contributed by atoms with van der Waals surface area (Å²) in [7, 11) is 0. The second kappa shape index (κ2) is 6.12. The average Bonchev–Trinajstić information content (AvgIpc) is 2.91. The van der Waals surface area contributed by atoms with Crippen molar-refractivity contribution in [1.82, 2.24) is 4.57 Å². The van der Waals surface area contributed by atoms with Crippen LogP contribution in [0.4, 0.5) is 4.39 Å². The van der Waals surface area contributed by atoms with Gasteiger partial charge in [-0.25, -0.2) is 9.18 Å². The molecule has 0 radical (unpaired) electrons. The van der Waals surface area contributed by atoms with E-state index in [9.17, 15) is 9.18 Å². The number of carboxylic acid groups (broad SMARTS) is 1. The van der Waals surface area contributed by atoms with Gasteiger partial charge in [0.25, 0.3) is 0 Å². The molecule has 5 heteroatoms. The number of aromatic nitrogens is 1. The molecule has 3 aromatic rings. The SMILES string of the molecule is CCn1cc(COc2ccc(F)cc2)c2ccc(C(=O)O)cc21. The van der Waals surface area contributed by atoms with Gasteiger partial charge in [0.15, 0.2) is 0 Å². The van der Waals surface area contributed by atoms with E-state index in [-0.39, 0.29) is 11.4 Å². The van der Waals surface area contributed by atoms with Crippen LogP contribution in [0.25, 0.3) is 10.9 Å². The Morgan fingerprint density at radius 2 is 1.96 bits per heavy atom. The second-order valence-corrected chi connectivity index (χ2v) is 5.22. The zero-order chi connectivity index (χ0) is 16.4. The maximum atomic E-state index is 12.9. The lowest BCUT2D eigenvalue weighted by atomic mass is 10.1. The number of rotatable bonds is 5. The molecule has 1 N–H and O–H groups in total. The monoisotopic (exact) mass is 313 g/mol. The molecule has 23 heavy (non-hydrogen) atoms. The molecule has 0 bridgehead atoms. The number of aryl methyl sites for hydroxylation is 1. The summed E-state index contributed by atoms with van der Waals surface area (Å²) in [6, 6.07) is 10.9. The van der Waals surface area contributed by atoms with E-state index in [1.54, 1.807) is 30.3 Å². The number of ether oxygens (including phenoxy) is 1. The summed E-state index contributed by atoms with van der Waals surface area (Å²) < 4.78 is 20.6. The van der Waals surface area contributed by atoms with E-state index < -0.39 is 5.97 Å². The van der Waals surface area contributed by atoms with Crippen molar-refractivity contribution in [2.45, 2.75) is 20.1 Å². The summed E-state index contributed by atoms with van der Waals surface area (Å²) >= 11 is 0. The molecule has 0 saturated heterocycles. The number of hydrogen-bond acceptors (Lipinski definition) is 2. The summed E-state index contributed by atoms with van der Waals surface area (Å²) in [4.78, 5) is 11.1. The molecule has 0 aliphatic heterocycles. The van der Waals surface area contributed by atoms with E-state index in [1.807, 2.05) is 17.7 Å². The number of nitrogens with zero attached hydrogens (tertiary/aromatic N) is 1. The fourth-order valence-corrected chi connectivity index (χ4v) is 2.57. The van der Waals surface area contributed by atoms with E-state index in [4.69, 9.17) is 9.84 Å². The maximum Gasteiger partial charge on any atom is 0.335 e. The molecule has 0 unspecified atom stereocenters. The molecule has 0 aliphatic carbocycles. The third-order valence-corrected chi connectivity index (χ3v) is 3.76. The molecule has 2 aromatic carbocycles. The third-order valence-electron chi connectivity index (χ3n) is 3.76. The van der Waals surface area contributed by atoms with Crippen molar-refractivity contribution in [3.63, 3.8) is 0 Å². The Balaban J connectivity index is 1.91. The van der Waals surface area contributed by atoms with Crippen molar-refractivity contribution >= 4 is 16.9 Å². The quantitative estimate of drug-likeness (QED) is 0.772. The van der Waals surface area contributed by atoms with Crippen LogP contribution in [0.5, 0.6) is 5.75 Å². The predicted molar refractivity (Wildman–Crippen MR) is 85.3 cm³/mol. The molecular formula is C18H16FNO3. The molecule has 0 spiro atoms. The van der Waals surface area contributed by atoms with Gasteiger partial charge in [-0.05, 0) is 43.3 Å². The van der Waals surface area contributed by atoms with Crippen molar-refractivity contribution < 1.29 is 19.0 Å². The highest BCUT2D eigenvalue weighted by Gasteiger charge is 2.11. The van der Waals surface area contributed by atoms with Crippen LogP contribution >= 0.6 is 0 Å². The van der Waals surface area contributed by atoms with Gasteiger partial charge >= 0.3 is 5.97 Å². The first-order valence-electron chi connectivity index (χ1n) is 7.32. The van der Waals surface area contributed by atoms with Gasteiger partial charge in [-0.3, -0.25) is 0 Å². The lowest BCUT2D eigenvalue weighted by Crippen LogP contribution is -1.97. The van der Waals surface area contributed by atoms with Gasteiger partial charge in [0.05, 0.1) is 5.56 Å². The van der Waals surface area contributed by atoms with E-state index >= 15 is 0 Å². The number of aromatic carboxylic acids is 1. The summed E-state index contributed by atoms with van der Waals surface area (Å²) in [5.74, 6) is -0.660. The van der Waals surface area contributed by atoms with Crippen LogP contribution in [-0.4, -0.2) is 15.6 Å². The molecule has 118 valence electrons. The fourth-order valence-electron chi connectivity index (χ4n) is 2.57. The number of fused-ring (bicyclic) bond motifs is 1. The Morgan fingerprint density at radius 3 is 2.61 bits per heavy atom. The van der Waals surface area contributed by atoms with E-state index in [0.717, 1.165) is 23.0 Å². The zero-order valence-corrected chi connectivity index (χ0v) is 12.6. The summed E-state index contributed by atoms with van der Waals surface area (Å²) in [6.45, 7) is 3.06. The number of carboxylic acids is 1. The molecule has 0 atom stereocenters. The number of carbonyl (C=O) groups is 1. The highest BCUT2D eigenvalue weighted by Crippen LogP contribution is 2.24. The Labute approximate surface area is 132 Å². The molecule has 1 aromatic heterocycles. The third kappa shape index (κ3) is 3.04. The van der Waals surface area contributed by atoms with E-state index in [2.05, 4.69) is 0 Å². The van der Waals surface area contributed by atoms with Crippen LogP contribution in [0.1, 0.15) is 22.8 Å². The van der Waals surface area contributed by atoms with Crippen molar-refractivity contribution in [3.05, 3.63) is 65.6 Å². The van der Waals surface area contributed by atoms with Gasteiger partial charge in [0.2, 0.25) is 0 Å². The molecule has 0 saturated carbocycles. The molecule has 1 heterocycles. The lowest BCUT2D eigenvalue weighted by molar-refractivity contribution is 0.0697. The Kier molecular flexibility index (Phi) is 4.02. The van der Waals surface area contributed by atoms with Crippen molar-refractivity contribution in [2.75, 3.05) is 0 Å². The second-order valence-electron chi connectivity index (χ2n) is 5.22. The minimum atomic E-state index is -0.945. The van der Waals surface area contributed by atoms with Gasteiger partial charge in [-0.2, -0.15) is 0 Å². The highest BCUT2D eigenvalue weighted by molar-refractivity contribution is 5.94. The van der Waals surface area contributed by atoms with Gasteiger partial charge in [0, 0.05) is 29.2 Å². The first-order valence-corrected chi connectivity index (χ1v) is 7.32. The minimum Gasteiger partial charge on any atom is -0.489 e. The van der Waals surface area contributed by atoms with Crippen LogP contribution in [0.15, 0.2) is 48.7 Å². The molecule has 4 nitrogen and oxygen atoms in total. The average molecular weight is 313 g/mol. The van der Waals surface area contributed by atoms with Crippen LogP contribution in [0.2, 0.25) is 0 Å². The number of hydrogen-bond donors (Lipinski definition) is 1. The zero-order valence-electron chi connectivity index (χ0n) is 12.6. The van der Waals surface area contributed by atoms with E-state index in [0.29, 0.717) is 12.4 Å². The Morgan fingerprint density at radius 1 is 1.22 bits per heavy atom. The number of halogens is 1. The van der Waals surface area contributed by atoms with Crippen molar-refractivity contribution in [3.8, 4) is 5.75 Å². The smallest absolute Gasteiger partial charge is 0.335 e. The molecule has 3 rings (SSSR count). The largest absolute Gasteiger partial charge is 0.489 e. The Bertz CT molecular complexity index is 853. The molecule has 0 fully saturated rings. The molecule has 0 aliphatic rings. The normalized spacial score (nSPS) is 10.9. The fraction of sp³-hybridized carbons (Fsp3) is 0.167. The van der Waals surface area contributed by atoms with Crippen molar-refractivity contribution in [1.29, 1.82) is 0 Å². The van der Waals surface area contributed by atoms with Crippen LogP contribution in [0, 0.1) is 5.82 Å². The van der Waals surface area contributed by atoms with Crippen LogP contribution < -0.4 is 4.74 Å². The minimum absolute atomic E-state index is 0.260. The van der Waals surface area contributed by atoms with Crippen molar-refractivity contribution in [2.24, 2.45) is 0 Å². The van der Waals surface area contributed by atoms with Gasteiger partial charge in [-0.1, -0.05) is 6.07 Å². The maximum absolute atomic E-state index is 12.9. The first-order chi connectivity index (χ1) is 11.1. The van der Waals surface area contributed by atoms with Crippen LogP contribution in [-0.2, 0) is 13.2 Å². The summed E-state index contributed by atoms with van der Waals surface area (Å²) in [5, 5.41) is 10.1. The summed E-state index contributed by atoms with van der Waals surface area (Å²) in [6.07, 6.45) is 1.96.